The lowest BCUT2D eigenvalue weighted by Crippen LogP contribution is -2.29. The summed E-state index contributed by atoms with van der Waals surface area (Å²) in [5, 5.41) is 9.39. The molecule has 2 aromatic heterocycles. The molecular formula is C24H22FN3O3. The Bertz CT molecular complexity index is 1260. The first-order valence-electron chi connectivity index (χ1n) is 9.96. The SMILES string of the molecule is Cc1nc(-c2ccc(F)cc2)n(Cc2nc(-c3ccccc3)oc2C)c(=O)c1CCO. The largest absolute Gasteiger partial charge is 0.441 e. The van der Waals surface area contributed by atoms with E-state index in [-0.39, 0.29) is 30.9 Å². The molecule has 2 aromatic carbocycles. The van der Waals surface area contributed by atoms with Gasteiger partial charge >= 0.3 is 0 Å². The van der Waals surface area contributed by atoms with Gasteiger partial charge < -0.3 is 9.52 Å². The fraction of sp³-hybridized carbons (Fsp3) is 0.208. The number of benzene rings is 2. The van der Waals surface area contributed by atoms with E-state index in [1.807, 2.05) is 30.3 Å². The van der Waals surface area contributed by atoms with E-state index < -0.39 is 0 Å². The van der Waals surface area contributed by atoms with Crippen LogP contribution in [0.4, 0.5) is 4.39 Å². The highest BCUT2D eigenvalue weighted by molar-refractivity contribution is 5.56. The van der Waals surface area contributed by atoms with Crippen molar-refractivity contribution in [2.45, 2.75) is 26.8 Å². The van der Waals surface area contributed by atoms with Crippen molar-refractivity contribution in [2.24, 2.45) is 0 Å². The van der Waals surface area contributed by atoms with Crippen molar-refractivity contribution < 1.29 is 13.9 Å². The van der Waals surface area contributed by atoms with Gasteiger partial charge in [0.25, 0.3) is 5.56 Å². The number of rotatable bonds is 6. The van der Waals surface area contributed by atoms with Crippen molar-refractivity contribution in [3.05, 3.63) is 93.5 Å². The Labute approximate surface area is 178 Å². The van der Waals surface area contributed by atoms with Gasteiger partial charge in [0.05, 0.1) is 6.54 Å². The van der Waals surface area contributed by atoms with Crippen LogP contribution in [0.15, 0.2) is 63.8 Å². The lowest BCUT2D eigenvalue weighted by atomic mass is 10.1. The lowest BCUT2D eigenvalue weighted by Gasteiger charge is -2.15. The number of aromatic nitrogens is 3. The van der Waals surface area contributed by atoms with Gasteiger partial charge in [0.2, 0.25) is 5.89 Å². The maximum atomic E-state index is 13.5. The first-order chi connectivity index (χ1) is 15.0. The van der Waals surface area contributed by atoms with Gasteiger partial charge in [-0.1, -0.05) is 18.2 Å². The maximum absolute atomic E-state index is 13.5. The summed E-state index contributed by atoms with van der Waals surface area (Å²) in [6.45, 7) is 3.51. The molecule has 2 heterocycles. The van der Waals surface area contributed by atoms with Crippen LogP contribution in [-0.2, 0) is 13.0 Å². The molecule has 0 atom stereocenters. The number of aliphatic hydroxyl groups is 1. The molecule has 6 nitrogen and oxygen atoms in total. The average Bonchev–Trinajstić information content (AvgIpc) is 3.14. The second-order valence-electron chi connectivity index (χ2n) is 7.26. The van der Waals surface area contributed by atoms with Crippen molar-refractivity contribution in [3.63, 3.8) is 0 Å². The zero-order chi connectivity index (χ0) is 22.0. The molecule has 0 aliphatic carbocycles. The molecule has 158 valence electrons. The Morgan fingerprint density at radius 2 is 1.71 bits per heavy atom. The van der Waals surface area contributed by atoms with Crippen LogP contribution in [0.3, 0.4) is 0 Å². The number of aliphatic hydroxyl groups excluding tert-OH is 1. The summed E-state index contributed by atoms with van der Waals surface area (Å²) < 4.78 is 20.8. The third-order valence-electron chi connectivity index (χ3n) is 5.15. The molecule has 31 heavy (non-hydrogen) atoms. The van der Waals surface area contributed by atoms with Crippen LogP contribution < -0.4 is 5.56 Å². The Balaban J connectivity index is 1.83. The van der Waals surface area contributed by atoms with Gasteiger partial charge in [0.1, 0.15) is 23.1 Å². The Morgan fingerprint density at radius 1 is 1.00 bits per heavy atom. The van der Waals surface area contributed by atoms with E-state index in [0.29, 0.717) is 40.0 Å². The molecule has 0 aliphatic rings. The molecule has 0 saturated carbocycles. The fourth-order valence-electron chi connectivity index (χ4n) is 3.49. The van der Waals surface area contributed by atoms with E-state index in [1.54, 1.807) is 26.0 Å². The molecule has 0 saturated heterocycles. The average molecular weight is 419 g/mol. The van der Waals surface area contributed by atoms with Crippen LogP contribution in [-0.4, -0.2) is 26.2 Å². The van der Waals surface area contributed by atoms with Gasteiger partial charge in [-0.3, -0.25) is 9.36 Å². The van der Waals surface area contributed by atoms with E-state index in [1.165, 1.54) is 16.7 Å². The van der Waals surface area contributed by atoms with E-state index in [9.17, 15) is 14.3 Å². The zero-order valence-electron chi connectivity index (χ0n) is 17.3. The lowest BCUT2D eigenvalue weighted by molar-refractivity contribution is 0.298. The molecular weight excluding hydrogens is 397 g/mol. The molecule has 0 bridgehead atoms. The van der Waals surface area contributed by atoms with Crippen LogP contribution >= 0.6 is 0 Å². The minimum Gasteiger partial charge on any atom is -0.441 e. The second-order valence-corrected chi connectivity index (χ2v) is 7.26. The quantitative estimate of drug-likeness (QED) is 0.513. The topological polar surface area (TPSA) is 81.2 Å². The highest BCUT2D eigenvalue weighted by Crippen LogP contribution is 2.24. The second kappa shape index (κ2) is 8.65. The summed E-state index contributed by atoms with van der Waals surface area (Å²) in [5.41, 5.74) is 2.77. The molecule has 0 spiro atoms. The summed E-state index contributed by atoms with van der Waals surface area (Å²) in [7, 11) is 0. The van der Waals surface area contributed by atoms with Crippen LogP contribution in [0.5, 0.6) is 0 Å². The predicted molar refractivity (Wildman–Crippen MR) is 115 cm³/mol. The summed E-state index contributed by atoms with van der Waals surface area (Å²) in [6.07, 6.45) is 0.203. The molecule has 0 unspecified atom stereocenters. The number of hydrogen-bond acceptors (Lipinski definition) is 5. The minimum atomic E-state index is -0.369. The highest BCUT2D eigenvalue weighted by Gasteiger charge is 2.19. The Kier molecular flexibility index (Phi) is 5.77. The standard InChI is InChI=1S/C24H22FN3O3/c1-15-20(12-13-29)24(30)28(22(26-15)17-8-10-19(25)11-9-17)14-21-16(2)31-23(27-21)18-6-4-3-5-7-18/h3-11,29H,12-14H2,1-2H3. The fourth-order valence-corrected chi connectivity index (χ4v) is 3.49. The minimum absolute atomic E-state index is 0.138. The van der Waals surface area contributed by atoms with Crippen molar-refractivity contribution in [3.8, 4) is 22.8 Å². The van der Waals surface area contributed by atoms with Gasteiger partial charge in [0, 0.05) is 35.4 Å². The van der Waals surface area contributed by atoms with Gasteiger partial charge in [-0.15, -0.1) is 0 Å². The third-order valence-corrected chi connectivity index (χ3v) is 5.15. The first-order valence-corrected chi connectivity index (χ1v) is 9.96. The monoisotopic (exact) mass is 419 g/mol. The number of oxazole rings is 1. The summed E-state index contributed by atoms with van der Waals surface area (Å²) >= 11 is 0. The molecule has 1 N–H and O–H groups in total. The highest BCUT2D eigenvalue weighted by atomic mass is 19.1. The number of halogens is 1. The van der Waals surface area contributed by atoms with Crippen LogP contribution in [0, 0.1) is 19.7 Å². The van der Waals surface area contributed by atoms with Crippen molar-refractivity contribution in [2.75, 3.05) is 6.61 Å². The molecule has 0 amide bonds. The molecule has 4 aromatic rings. The maximum Gasteiger partial charge on any atom is 0.257 e. The number of hydrogen-bond donors (Lipinski definition) is 1. The van der Waals surface area contributed by atoms with Crippen LogP contribution in [0.25, 0.3) is 22.8 Å². The first kappa shape index (κ1) is 20.7. The Hall–Kier alpha value is -3.58. The summed E-state index contributed by atoms with van der Waals surface area (Å²) in [5.74, 6) is 1.11. The zero-order valence-corrected chi connectivity index (χ0v) is 17.3. The number of nitrogens with zero attached hydrogens (tertiary/aromatic N) is 3. The van der Waals surface area contributed by atoms with Crippen LogP contribution in [0.2, 0.25) is 0 Å². The Morgan fingerprint density at radius 3 is 2.39 bits per heavy atom. The number of aryl methyl sites for hydroxylation is 2. The molecule has 4 rings (SSSR count). The molecule has 7 heteroatoms. The van der Waals surface area contributed by atoms with Gasteiger partial charge in [-0.05, 0) is 50.2 Å². The van der Waals surface area contributed by atoms with E-state index in [0.717, 1.165) is 5.56 Å². The summed E-state index contributed by atoms with van der Waals surface area (Å²) in [6, 6.07) is 15.3. The third kappa shape index (κ3) is 4.18. The summed E-state index contributed by atoms with van der Waals surface area (Å²) in [4.78, 5) is 22.5. The van der Waals surface area contributed by atoms with Crippen molar-refractivity contribution in [1.29, 1.82) is 0 Å². The molecule has 0 fully saturated rings. The predicted octanol–water partition coefficient (Wildman–Crippen LogP) is 3.90. The van der Waals surface area contributed by atoms with E-state index in [4.69, 9.17) is 4.42 Å². The van der Waals surface area contributed by atoms with Crippen LogP contribution in [0.1, 0.15) is 22.7 Å². The smallest absolute Gasteiger partial charge is 0.257 e. The van der Waals surface area contributed by atoms with Gasteiger partial charge in [-0.25, -0.2) is 14.4 Å². The van der Waals surface area contributed by atoms with E-state index in [2.05, 4.69) is 9.97 Å². The van der Waals surface area contributed by atoms with Crippen molar-refractivity contribution in [1.82, 2.24) is 14.5 Å². The van der Waals surface area contributed by atoms with Gasteiger partial charge in [-0.2, -0.15) is 0 Å². The van der Waals surface area contributed by atoms with Crippen molar-refractivity contribution >= 4 is 0 Å². The molecule has 0 radical (unpaired) electrons. The molecule has 0 aliphatic heterocycles. The van der Waals surface area contributed by atoms with E-state index >= 15 is 0 Å². The van der Waals surface area contributed by atoms with Gasteiger partial charge in [0.15, 0.2) is 0 Å². The normalized spacial score (nSPS) is 11.1.